The Balaban J connectivity index is 1.74. The number of hydrogen-bond donors (Lipinski definition) is 1. The van der Waals surface area contributed by atoms with Gasteiger partial charge in [0.25, 0.3) is 0 Å². The van der Waals surface area contributed by atoms with Crippen molar-refractivity contribution in [1.82, 2.24) is 9.97 Å². The molecule has 0 radical (unpaired) electrons. The summed E-state index contributed by atoms with van der Waals surface area (Å²) in [5, 5.41) is 3.44. The van der Waals surface area contributed by atoms with Crippen LogP contribution in [-0.4, -0.2) is 9.97 Å². The molecule has 1 aromatic heterocycles. The molecular weight excluding hydrogens is 270 g/mol. The number of nitrogens with zero attached hydrogens (tertiary/aromatic N) is 2. The van der Waals surface area contributed by atoms with Gasteiger partial charge in [0.1, 0.15) is 0 Å². The summed E-state index contributed by atoms with van der Waals surface area (Å²) in [5.41, 5.74) is 2.60. The summed E-state index contributed by atoms with van der Waals surface area (Å²) < 4.78 is 0. The lowest BCUT2D eigenvalue weighted by atomic mass is 9.99. The van der Waals surface area contributed by atoms with Gasteiger partial charge in [-0.15, -0.1) is 0 Å². The van der Waals surface area contributed by atoms with Gasteiger partial charge in [-0.25, -0.2) is 9.97 Å². The molecule has 0 bridgehead atoms. The molecule has 0 aliphatic rings. The summed E-state index contributed by atoms with van der Waals surface area (Å²) in [7, 11) is 0. The van der Waals surface area contributed by atoms with Gasteiger partial charge in [-0.3, -0.25) is 0 Å². The minimum atomic E-state index is 0.198. The Morgan fingerprint density at radius 2 is 1.41 bits per heavy atom. The highest BCUT2D eigenvalue weighted by Crippen LogP contribution is 2.22. The number of anilines is 1. The normalized spacial score (nSPS) is 11.8. The van der Waals surface area contributed by atoms with Crippen LogP contribution in [0.15, 0.2) is 79.1 Å². The van der Waals surface area contributed by atoms with Gasteiger partial charge < -0.3 is 5.32 Å². The van der Waals surface area contributed by atoms with Crippen molar-refractivity contribution in [2.45, 2.75) is 18.9 Å². The van der Waals surface area contributed by atoms with Gasteiger partial charge in [0.2, 0.25) is 5.95 Å². The fourth-order valence-corrected chi connectivity index (χ4v) is 2.49. The summed E-state index contributed by atoms with van der Waals surface area (Å²) >= 11 is 0. The molecule has 110 valence electrons. The van der Waals surface area contributed by atoms with Gasteiger partial charge in [0, 0.05) is 12.4 Å². The molecule has 2 aromatic carbocycles. The third-order valence-electron chi connectivity index (χ3n) is 3.64. The molecular formula is C19H19N3. The Kier molecular flexibility index (Phi) is 4.77. The van der Waals surface area contributed by atoms with E-state index in [2.05, 4.69) is 63.8 Å². The molecule has 1 atom stereocenters. The quantitative estimate of drug-likeness (QED) is 0.736. The summed E-state index contributed by atoms with van der Waals surface area (Å²) in [6.07, 6.45) is 5.52. The Bertz CT molecular complexity index is 669. The fourth-order valence-electron chi connectivity index (χ4n) is 2.49. The molecule has 0 fully saturated rings. The summed E-state index contributed by atoms with van der Waals surface area (Å²) in [6.45, 7) is 0. The maximum Gasteiger partial charge on any atom is 0.223 e. The van der Waals surface area contributed by atoms with Gasteiger partial charge in [0.05, 0.1) is 6.04 Å². The second kappa shape index (κ2) is 7.36. The average Bonchev–Trinajstić information content (AvgIpc) is 2.61. The first-order chi connectivity index (χ1) is 10.9. The number of benzene rings is 2. The standard InChI is InChI=1S/C19H19N3/c1-3-8-16(9-4-1)12-13-18(17-10-5-2-6-11-17)22-19-20-14-7-15-21-19/h1-11,14-15,18H,12-13H2,(H,20,21,22)/t18-/m1/s1. The van der Waals surface area contributed by atoms with Crippen molar-refractivity contribution in [2.75, 3.05) is 5.32 Å². The Hall–Kier alpha value is -2.68. The number of hydrogen-bond acceptors (Lipinski definition) is 3. The number of aromatic nitrogens is 2. The Morgan fingerprint density at radius 1 is 0.773 bits per heavy atom. The summed E-state index contributed by atoms with van der Waals surface area (Å²) in [6, 6.07) is 23.0. The van der Waals surface area contributed by atoms with Crippen molar-refractivity contribution in [3.05, 3.63) is 90.3 Å². The van der Waals surface area contributed by atoms with E-state index < -0.39 is 0 Å². The van der Waals surface area contributed by atoms with Crippen LogP contribution >= 0.6 is 0 Å². The zero-order chi connectivity index (χ0) is 15.0. The maximum absolute atomic E-state index is 4.28. The van der Waals surface area contributed by atoms with E-state index in [1.807, 2.05) is 18.2 Å². The van der Waals surface area contributed by atoms with Crippen LogP contribution in [0.2, 0.25) is 0 Å². The SMILES string of the molecule is c1ccc(CC[C@@H](Nc2ncccn2)c2ccccc2)cc1. The smallest absolute Gasteiger partial charge is 0.223 e. The lowest BCUT2D eigenvalue weighted by molar-refractivity contribution is 0.685. The lowest BCUT2D eigenvalue weighted by Gasteiger charge is -2.19. The number of nitrogens with one attached hydrogen (secondary N) is 1. The van der Waals surface area contributed by atoms with Crippen molar-refractivity contribution < 1.29 is 0 Å². The van der Waals surface area contributed by atoms with Crippen LogP contribution in [0.25, 0.3) is 0 Å². The molecule has 1 heterocycles. The van der Waals surface area contributed by atoms with Crippen molar-refractivity contribution in [2.24, 2.45) is 0 Å². The van der Waals surface area contributed by atoms with Crippen LogP contribution in [0.4, 0.5) is 5.95 Å². The molecule has 3 heteroatoms. The predicted molar refractivity (Wildman–Crippen MR) is 89.6 cm³/mol. The highest BCUT2D eigenvalue weighted by molar-refractivity contribution is 5.31. The first-order valence-electron chi connectivity index (χ1n) is 7.54. The van der Waals surface area contributed by atoms with Crippen LogP contribution in [0.5, 0.6) is 0 Å². The number of rotatable bonds is 6. The second-order valence-electron chi connectivity index (χ2n) is 5.20. The van der Waals surface area contributed by atoms with Crippen molar-refractivity contribution in [1.29, 1.82) is 0 Å². The predicted octanol–water partition coefficient (Wildman–Crippen LogP) is 4.26. The molecule has 22 heavy (non-hydrogen) atoms. The molecule has 3 rings (SSSR count). The monoisotopic (exact) mass is 289 g/mol. The minimum absolute atomic E-state index is 0.198. The molecule has 0 aliphatic heterocycles. The maximum atomic E-state index is 4.28. The zero-order valence-corrected chi connectivity index (χ0v) is 12.4. The van der Waals surface area contributed by atoms with E-state index in [0.29, 0.717) is 5.95 Å². The zero-order valence-electron chi connectivity index (χ0n) is 12.4. The van der Waals surface area contributed by atoms with Gasteiger partial charge >= 0.3 is 0 Å². The first-order valence-corrected chi connectivity index (χ1v) is 7.54. The molecule has 0 aliphatic carbocycles. The van der Waals surface area contributed by atoms with E-state index in [0.717, 1.165) is 12.8 Å². The number of aryl methyl sites for hydroxylation is 1. The van der Waals surface area contributed by atoms with E-state index in [1.165, 1.54) is 11.1 Å². The van der Waals surface area contributed by atoms with E-state index >= 15 is 0 Å². The first kappa shape index (κ1) is 14.3. The summed E-state index contributed by atoms with van der Waals surface area (Å²) in [5.74, 6) is 0.671. The van der Waals surface area contributed by atoms with Crippen LogP contribution in [0, 0.1) is 0 Å². The van der Waals surface area contributed by atoms with E-state index in [-0.39, 0.29) is 6.04 Å². The second-order valence-corrected chi connectivity index (χ2v) is 5.20. The minimum Gasteiger partial charge on any atom is -0.347 e. The molecule has 3 nitrogen and oxygen atoms in total. The molecule has 0 saturated carbocycles. The third-order valence-corrected chi connectivity index (χ3v) is 3.64. The topological polar surface area (TPSA) is 37.8 Å². The Morgan fingerprint density at radius 3 is 2.09 bits per heavy atom. The van der Waals surface area contributed by atoms with Crippen molar-refractivity contribution in [3.63, 3.8) is 0 Å². The highest BCUT2D eigenvalue weighted by atomic mass is 15.1. The molecule has 1 N–H and O–H groups in total. The van der Waals surface area contributed by atoms with Crippen LogP contribution in [-0.2, 0) is 6.42 Å². The molecule has 0 unspecified atom stereocenters. The fraction of sp³-hybridized carbons (Fsp3) is 0.158. The van der Waals surface area contributed by atoms with Crippen molar-refractivity contribution >= 4 is 5.95 Å². The largest absolute Gasteiger partial charge is 0.347 e. The van der Waals surface area contributed by atoms with E-state index in [4.69, 9.17) is 0 Å². The average molecular weight is 289 g/mol. The lowest BCUT2D eigenvalue weighted by Crippen LogP contribution is -2.13. The van der Waals surface area contributed by atoms with Gasteiger partial charge in [0.15, 0.2) is 0 Å². The van der Waals surface area contributed by atoms with Gasteiger partial charge in [-0.1, -0.05) is 60.7 Å². The van der Waals surface area contributed by atoms with E-state index in [9.17, 15) is 0 Å². The molecule has 3 aromatic rings. The van der Waals surface area contributed by atoms with E-state index in [1.54, 1.807) is 12.4 Å². The molecule has 0 saturated heterocycles. The highest BCUT2D eigenvalue weighted by Gasteiger charge is 2.12. The van der Waals surface area contributed by atoms with Gasteiger partial charge in [-0.2, -0.15) is 0 Å². The Labute approximate surface area is 131 Å². The van der Waals surface area contributed by atoms with Crippen LogP contribution < -0.4 is 5.32 Å². The van der Waals surface area contributed by atoms with Gasteiger partial charge in [-0.05, 0) is 30.0 Å². The van der Waals surface area contributed by atoms with Crippen molar-refractivity contribution in [3.8, 4) is 0 Å². The third kappa shape index (κ3) is 3.92. The summed E-state index contributed by atoms with van der Waals surface area (Å²) in [4.78, 5) is 8.55. The van der Waals surface area contributed by atoms with Crippen LogP contribution in [0.1, 0.15) is 23.6 Å². The molecule has 0 amide bonds. The van der Waals surface area contributed by atoms with Crippen LogP contribution in [0.3, 0.4) is 0 Å². The molecule has 0 spiro atoms.